The lowest BCUT2D eigenvalue weighted by Crippen LogP contribution is -2.32. The monoisotopic (exact) mass is 213 g/mol. The van der Waals surface area contributed by atoms with Gasteiger partial charge in [-0.2, -0.15) is 0 Å². The van der Waals surface area contributed by atoms with E-state index in [1.165, 1.54) is 13.2 Å². The summed E-state index contributed by atoms with van der Waals surface area (Å²) in [5.41, 5.74) is 6.35. The zero-order valence-corrected chi connectivity index (χ0v) is 8.51. The third-order valence-electron chi connectivity index (χ3n) is 2.19. The van der Waals surface area contributed by atoms with Crippen LogP contribution in [0.1, 0.15) is 12.8 Å². The van der Waals surface area contributed by atoms with Gasteiger partial charge >= 0.3 is 5.97 Å². The minimum absolute atomic E-state index is 0.104. The van der Waals surface area contributed by atoms with Crippen molar-refractivity contribution < 1.29 is 19.7 Å². The van der Waals surface area contributed by atoms with Gasteiger partial charge in [0.05, 0.1) is 7.11 Å². The highest BCUT2D eigenvalue weighted by atomic mass is 16.5. The molecule has 0 spiro atoms. The largest absolute Gasteiger partial charge is 0.468 e. The van der Waals surface area contributed by atoms with Gasteiger partial charge in [-0.1, -0.05) is 12.2 Å². The van der Waals surface area contributed by atoms with E-state index in [4.69, 9.17) is 5.73 Å². The minimum Gasteiger partial charge on any atom is -0.468 e. The number of carbonyl (C=O) groups is 1. The Morgan fingerprint density at radius 1 is 1.73 bits per heavy atom. The highest BCUT2D eigenvalue weighted by molar-refractivity contribution is 5.75. The summed E-state index contributed by atoms with van der Waals surface area (Å²) >= 11 is 0. The van der Waals surface area contributed by atoms with Crippen molar-refractivity contribution in [2.24, 2.45) is 5.73 Å². The van der Waals surface area contributed by atoms with E-state index < -0.39 is 17.8 Å². The second-order valence-electron chi connectivity index (χ2n) is 3.53. The molecule has 84 valence electrons. The molecule has 0 aromatic rings. The Balaban J connectivity index is 2.52. The maximum atomic E-state index is 11.0. The molecule has 0 aromatic heterocycles. The van der Waals surface area contributed by atoms with Gasteiger partial charge in [0, 0.05) is 6.42 Å². The third kappa shape index (κ3) is 3.47. The van der Waals surface area contributed by atoms with Gasteiger partial charge < -0.3 is 20.7 Å². The first-order chi connectivity index (χ1) is 6.94. The lowest BCUT2D eigenvalue weighted by atomic mass is 9.97. The van der Waals surface area contributed by atoms with Crippen LogP contribution in [0.15, 0.2) is 23.8 Å². The van der Waals surface area contributed by atoms with Crippen molar-refractivity contribution >= 4 is 5.97 Å². The van der Waals surface area contributed by atoms with Gasteiger partial charge in [0.15, 0.2) is 5.79 Å². The Morgan fingerprint density at radius 3 is 2.87 bits per heavy atom. The molecule has 0 amide bonds. The third-order valence-corrected chi connectivity index (χ3v) is 2.19. The highest BCUT2D eigenvalue weighted by Crippen LogP contribution is 2.20. The van der Waals surface area contributed by atoms with Gasteiger partial charge in [0.25, 0.3) is 0 Å². The van der Waals surface area contributed by atoms with Crippen molar-refractivity contribution in [2.45, 2.75) is 24.7 Å². The van der Waals surface area contributed by atoms with E-state index in [1.807, 2.05) is 0 Å². The lowest BCUT2D eigenvalue weighted by Gasteiger charge is -2.20. The molecule has 0 bridgehead atoms. The van der Waals surface area contributed by atoms with Crippen molar-refractivity contribution in [2.75, 3.05) is 7.11 Å². The maximum Gasteiger partial charge on any atom is 0.322 e. The van der Waals surface area contributed by atoms with Crippen LogP contribution in [-0.2, 0) is 9.53 Å². The van der Waals surface area contributed by atoms with E-state index in [-0.39, 0.29) is 6.42 Å². The molecule has 0 fully saturated rings. The van der Waals surface area contributed by atoms with Gasteiger partial charge in [0.1, 0.15) is 6.04 Å². The number of hydrogen-bond acceptors (Lipinski definition) is 5. The Labute approximate surface area is 87.8 Å². The predicted molar refractivity (Wildman–Crippen MR) is 53.6 cm³/mol. The molecule has 0 saturated heterocycles. The van der Waals surface area contributed by atoms with Crippen molar-refractivity contribution in [3.05, 3.63) is 23.8 Å². The summed E-state index contributed by atoms with van der Waals surface area (Å²) in [4.78, 5) is 11.0. The fourth-order valence-electron chi connectivity index (χ4n) is 1.30. The Bertz CT molecular complexity index is 307. The summed E-state index contributed by atoms with van der Waals surface area (Å²) in [7, 11) is 1.28. The molecule has 1 aliphatic carbocycles. The second-order valence-corrected chi connectivity index (χ2v) is 3.53. The number of ether oxygens (including phenoxy) is 1. The molecule has 1 aliphatic rings. The maximum absolute atomic E-state index is 11.0. The molecule has 0 radical (unpaired) electrons. The van der Waals surface area contributed by atoms with E-state index in [9.17, 15) is 15.0 Å². The lowest BCUT2D eigenvalue weighted by molar-refractivity contribution is -0.142. The van der Waals surface area contributed by atoms with E-state index in [0.29, 0.717) is 6.42 Å². The van der Waals surface area contributed by atoms with E-state index in [2.05, 4.69) is 4.74 Å². The molecule has 0 aromatic carbocycles. The van der Waals surface area contributed by atoms with Gasteiger partial charge in [-0.3, -0.25) is 4.79 Å². The Morgan fingerprint density at radius 2 is 2.40 bits per heavy atom. The highest BCUT2D eigenvalue weighted by Gasteiger charge is 2.22. The van der Waals surface area contributed by atoms with E-state index >= 15 is 0 Å². The van der Waals surface area contributed by atoms with E-state index in [0.717, 1.165) is 5.57 Å². The summed E-state index contributed by atoms with van der Waals surface area (Å²) in [5.74, 6) is -2.26. The number of aliphatic hydroxyl groups is 2. The van der Waals surface area contributed by atoms with Crippen molar-refractivity contribution in [3.63, 3.8) is 0 Å². The van der Waals surface area contributed by atoms with Gasteiger partial charge in [0.2, 0.25) is 0 Å². The molecule has 15 heavy (non-hydrogen) atoms. The molecule has 0 heterocycles. The number of carbonyl (C=O) groups excluding carboxylic acids is 1. The molecule has 5 nitrogen and oxygen atoms in total. The average molecular weight is 213 g/mol. The Hall–Kier alpha value is -1.17. The van der Waals surface area contributed by atoms with Crippen LogP contribution in [-0.4, -0.2) is 35.1 Å². The molecule has 4 N–H and O–H groups in total. The number of allylic oxidation sites excluding steroid dienone is 1. The van der Waals surface area contributed by atoms with Crippen molar-refractivity contribution in [3.8, 4) is 0 Å². The number of nitrogens with two attached hydrogens (primary N) is 1. The zero-order chi connectivity index (χ0) is 11.5. The van der Waals surface area contributed by atoms with Crippen LogP contribution in [0.25, 0.3) is 0 Å². The van der Waals surface area contributed by atoms with Crippen LogP contribution in [0.2, 0.25) is 0 Å². The number of hydrogen-bond donors (Lipinski definition) is 3. The van der Waals surface area contributed by atoms with E-state index in [1.54, 1.807) is 12.2 Å². The summed E-state index contributed by atoms with van der Waals surface area (Å²) in [6.07, 6.45) is 4.90. The molecule has 0 saturated carbocycles. The SMILES string of the molecule is COC(=O)[C@@H](N)CC1=CCC(O)(O)C=C1. The molecular formula is C10H15NO4. The molecule has 1 rings (SSSR count). The number of methoxy groups -OCH3 is 1. The first-order valence-electron chi connectivity index (χ1n) is 4.61. The van der Waals surface area contributed by atoms with Gasteiger partial charge in [-0.15, -0.1) is 0 Å². The molecule has 0 aliphatic heterocycles. The van der Waals surface area contributed by atoms with Gasteiger partial charge in [-0.25, -0.2) is 0 Å². The standard InChI is InChI=1S/C10H15NO4/c1-15-9(12)8(11)6-7-2-4-10(13,14)5-3-7/h2-4,8,13-14H,5-6,11H2,1H3/t8-/m0/s1. The van der Waals surface area contributed by atoms with Crippen LogP contribution >= 0.6 is 0 Å². The number of rotatable bonds is 3. The zero-order valence-electron chi connectivity index (χ0n) is 8.51. The van der Waals surface area contributed by atoms with Crippen LogP contribution in [0.3, 0.4) is 0 Å². The van der Waals surface area contributed by atoms with Crippen LogP contribution in [0, 0.1) is 0 Å². The summed E-state index contributed by atoms with van der Waals surface area (Å²) in [6.45, 7) is 0. The fraction of sp³-hybridized carbons (Fsp3) is 0.500. The Kier molecular flexibility index (Phi) is 3.62. The van der Waals surface area contributed by atoms with Crippen LogP contribution in [0.4, 0.5) is 0 Å². The second kappa shape index (κ2) is 4.57. The average Bonchev–Trinajstić information content (AvgIpc) is 2.20. The van der Waals surface area contributed by atoms with Crippen LogP contribution in [0.5, 0.6) is 0 Å². The minimum atomic E-state index is -1.78. The quantitative estimate of drug-likeness (QED) is 0.432. The normalized spacial score (nSPS) is 20.7. The van der Waals surface area contributed by atoms with Crippen molar-refractivity contribution in [1.82, 2.24) is 0 Å². The number of esters is 1. The topological polar surface area (TPSA) is 92.8 Å². The molecule has 1 atom stereocenters. The van der Waals surface area contributed by atoms with Crippen LogP contribution < -0.4 is 5.73 Å². The predicted octanol–water partition coefficient (Wildman–Crippen LogP) is -0.556. The summed E-state index contributed by atoms with van der Waals surface area (Å²) in [6, 6.07) is -0.712. The molecule has 5 heteroatoms. The summed E-state index contributed by atoms with van der Waals surface area (Å²) in [5, 5.41) is 18.4. The van der Waals surface area contributed by atoms with Gasteiger partial charge in [-0.05, 0) is 18.1 Å². The molecular weight excluding hydrogens is 198 g/mol. The smallest absolute Gasteiger partial charge is 0.322 e. The van der Waals surface area contributed by atoms with Crippen molar-refractivity contribution in [1.29, 1.82) is 0 Å². The first-order valence-corrected chi connectivity index (χ1v) is 4.61. The summed E-state index contributed by atoms with van der Waals surface area (Å²) < 4.78 is 4.48. The molecule has 0 unspecified atom stereocenters. The first kappa shape index (κ1) is 11.9. The fourth-order valence-corrected chi connectivity index (χ4v) is 1.30.